The van der Waals surface area contributed by atoms with Gasteiger partial charge in [-0.05, 0) is 80.0 Å². The van der Waals surface area contributed by atoms with Crippen molar-refractivity contribution in [1.29, 1.82) is 0 Å². The summed E-state index contributed by atoms with van der Waals surface area (Å²) in [5.74, 6) is 0.246. The Morgan fingerprint density at radius 2 is 1.62 bits per heavy atom. The van der Waals surface area contributed by atoms with E-state index in [9.17, 15) is 17.6 Å². The Morgan fingerprint density at radius 1 is 0.969 bits per heavy atom. The number of benzene rings is 2. The number of nitrogens with zero attached hydrogens (tertiary/aromatic N) is 2. The first kappa shape index (κ1) is 23.2. The molecule has 0 unspecified atom stereocenters. The second kappa shape index (κ2) is 9.89. The molecule has 8 heteroatoms. The van der Waals surface area contributed by atoms with Gasteiger partial charge in [0, 0.05) is 37.1 Å². The Morgan fingerprint density at radius 3 is 2.25 bits per heavy atom. The van der Waals surface area contributed by atoms with Gasteiger partial charge in [0.05, 0.1) is 4.90 Å². The maximum atomic E-state index is 13.4. The molecule has 0 aromatic heterocycles. The number of piperidine rings is 2. The van der Waals surface area contributed by atoms with Gasteiger partial charge >= 0.3 is 0 Å². The van der Waals surface area contributed by atoms with E-state index in [1.807, 2.05) is 11.0 Å². The van der Waals surface area contributed by atoms with E-state index in [1.54, 1.807) is 24.3 Å². The first-order valence-corrected chi connectivity index (χ1v) is 12.9. The molecule has 0 saturated carbocycles. The van der Waals surface area contributed by atoms with E-state index in [2.05, 4.69) is 0 Å². The number of hydrogen-bond donors (Lipinski definition) is 0. The van der Waals surface area contributed by atoms with Crippen LogP contribution in [0.2, 0.25) is 5.02 Å². The van der Waals surface area contributed by atoms with Crippen molar-refractivity contribution in [1.82, 2.24) is 9.21 Å². The first-order chi connectivity index (χ1) is 15.3. The van der Waals surface area contributed by atoms with Crippen LogP contribution in [-0.4, -0.2) is 49.7 Å². The topological polar surface area (TPSA) is 57.7 Å². The number of likely N-dealkylation sites (tertiary alicyclic amines) is 1. The summed E-state index contributed by atoms with van der Waals surface area (Å²) < 4.78 is 40.6. The van der Waals surface area contributed by atoms with Crippen molar-refractivity contribution in [3.8, 4) is 0 Å². The maximum absolute atomic E-state index is 13.4. The van der Waals surface area contributed by atoms with E-state index >= 15 is 0 Å². The molecule has 2 aliphatic heterocycles. The van der Waals surface area contributed by atoms with Crippen molar-refractivity contribution in [2.75, 3.05) is 26.2 Å². The Balaban J connectivity index is 1.27. The van der Waals surface area contributed by atoms with Crippen LogP contribution in [0.1, 0.15) is 31.2 Å². The zero-order valence-corrected chi connectivity index (χ0v) is 19.5. The Kier molecular flexibility index (Phi) is 7.17. The third kappa shape index (κ3) is 5.33. The van der Waals surface area contributed by atoms with Crippen LogP contribution in [-0.2, 0) is 21.2 Å². The fraction of sp³-hybridized carbons (Fsp3) is 0.458. The predicted molar refractivity (Wildman–Crippen MR) is 122 cm³/mol. The van der Waals surface area contributed by atoms with Gasteiger partial charge < -0.3 is 4.90 Å². The summed E-state index contributed by atoms with van der Waals surface area (Å²) in [5, 5.41) is 0.493. The minimum Gasteiger partial charge on any atom is -0.342 e. The zero-order valence-electron chi connectivity index (χ0n) is 17.9. The van der Waals surface area contributed by atoms with Gasteiger partial charge in [-0.15, -0.1) is 0 Å². The molecule has 2 saturated heterocycles. The number of carbonyl (C=O) groups is 1. The third-order valence-corrected chi connectivity index (χ3v) is 8.76. The molecule has 1 amide bonds. The quantitative estimate of drug-likeness (QED) is 0.641. The van der Waals surface area contributed by atoms with Gasteiger partial charge in [-0.25, -0.2) is 12.8 Å². The van der Waals surface area contributed by atoms with Crippen LogP contribution < -0.4 is 0 Å². The summed E-state index contributed by atoms with van der Waals surface area (Å²) in [4.78, 5) is 15.2. The van der Waals surface area contributed by atoms with Crippen LogP contribution in [0.15, 0.2) is 53.4 Å². The minimum atomic E-state index is -3.57. The molecule has 2 heterocycles. The molecule has 0 radical (unpaired) electrons. The highest BCUT2D eigenvalue weighted by Crippen LogP contribution is 2.28. The molecule has 2 fully saturated rings. The number of hydrogen-bond acceptors (Lipinski definition) is 3. The smallest absolute Gasteiger partial charge is 0.243 e. The molecule has 0 aliphatic carbocycles. The number of amides is 1. The fourth-order valence-electron chi connectivity index (χ4n) is 4.71. The van der Waals surface area contributed by atoms with E-state index in [0.29, 0.717) is 50.0 Å². The molecule has 0 spiro atoms. The van der Waals surface area contributed by atoms with E-state index in [4.69, 9.17) is 11.6 Å². The third-order valence-electron chi connectivity index (χ3n) is 6.59. The standard InChI is InChI=1S/C24H28ClFN2O3S/c25-21-4-6-23(7-5-21)32(30,31)28-14-10-20(11-15-28)24(29)27-12-8-18(9-13-27)16-19-2-1-3-22(26)17-19/h1-7,17-18,20H,8-16H2. The lowest BCUT2D eigenvalue weighted by Crippen LogP contribution is -2.46. The van der Waals surface area contributed by atoms with Gasteiger partial charge in [0.1, 0.15) is 5.82 Å². The second-order valence-electron chi connectivity index (χ2n) is 8.73. The summed E-state index contributed by atoms with van der Waals surface area (Å²) in [6.07, 6.45) is 3.72. The van der Waals surface area contributed by atoms with Gasteiger partial charge in [0.25, 0.3) is 0 Å². The van der Waals surface area contributed by atoms with Gasteiger partial charge in [-0.1, -0.05) is 23.7 Å². The van der Waals surface area contributed by atoms with Crippen molar-refractivity contribution < 1.29 is 17.6 Å². The monoisotopic (exact) mass is 478 g/mol. The Hall–Kier alpha value is -1.96. The second-order valence-corrected chi connectivity index (χ2v) is 11.1. The predicted octanol–water partition coefficient (Wildman–Crippen LogP) is 4.36. The number of rotatable bonds is 5. The number of carbonyl (C=O) groups excluding carboxylic acids is 1. The summed E-state index contributed by atoms with van der Waals surface area (Å²) in [7, 11) is -3.57. The summed E-state index contributed by atoms with van der Waals surface area (Å²) in [5.41, 5.74) is 1.00. The lowest BCUT2D eigenvalue weighted by molar-refractivity contribution is -0.138. The van der Waals surface area contributed by atoms with Crippen LogP contribution in [0.25, 0.3) is 0 Å². The summed E-state index contributed by atoms with van der Waals surface area (Å²) >= 11 is 5.87. The molecule has 5 nitrogen and oxygen atoms in total. The summed E-state index contributed by atoms with van der Waals surface area (Å²) in [6.45, 7) is 2.11. The first-order valence-electron chi connectivity index (χ1n) is 11.1. The zero-order chi connectivity index (χ0) is 22.7. The van der Waals surface area contributed by atoms with E-state index in [0.717, 1.165) is 24.8 Å². The highest BCUT2D eigenvalue weighted by atomic mass is 35.5. The fourth-order valence-corrected chi connectivity index (χ4v) is 6.31. The van der Waals surface area contributed by atoms with Crippen molar-refractivity contribution in [3.05, 3.63) is 64.9 Å². The SMILES string of the molecule is O=C(C1CCN(S(=O)(=O)c2ccc(Cl)cc2)CC1)N1CCC(Cc2cccc(F)c2)CC1. The lowest BCUT2D eigenvalue weighted by atomic mass is 9.89. The van der Waals surface area contributed by atoms with Crippen LogP contribution in [0.3, 0.4) is 0 Å². The number of halogens is 2. The maximum Gasteiger partial charge on any atom is 0.243 e. The van der Waals surface area contributed by atoms with Crippen molar-refractivity contribution in [2.45, 2.75) is 37.0 Å². The molecule has 2 aliphatic rings. The minimum absolute atomic E-state index is 0.133. The van der Waals surface area contributed by atoms with Gasteiger partial charge in [-0.2, -0.15) is 4.31 Å². The average molecular weight is 479 g/mol. The van der Waals surface area contributed by atoms with Crippen molar-refractivity contribution >= 4 is 27.5 Å². The molecular formula is C24H28ClFN2O3S. The normalized spacial score (nSPS) is 19.2. The summed E-state index contributed by atoms with van der Waals surface area (Å²) in [6, 6.07) is 12.9. The Bertz CT molecular complexity index is 1050. The van der Waals surface area contributed by atoms with Crippen molar-refractivity contribution in [2.24, 2.45) is 11.8 Å². The van der Waals surface area contributed by atoms with Crippen LogP contribution in [0, 0.1) is 17.7 Å². The Labute approximate surface area is 194 Å². The molecule has 0 bridgehead atoms. The largest absolute Gasteiger partial charge is 0.342 e. The van der Waals surface area contributed by atoms with Gasteiger partial charge in [-0.3, -0.25) is 4.79 Å². The highest BCUT2D eigenvalue weighted by molar-refractivity contribution is 7.89. The van der Waals surface area contributed by atoms with Crippen LogP contribution in [0.5, 0.6) is 0 Å². The average Bonchev–Trinajstić information content (AvgIpc) is 2.79. The van der Waals surface area contributed by atoms with Crippen LogP contribution in [0.4, 0.5) is 4.39 Å². The van der Waals surface area contributed by atoms with E-state index in [-0.39, 0.29) is 22.5 Å². The molecular weight excluding hydrogens is 451 g/mol. The molecule has 0 N–H and O–H groups in total. The van der Waals surface area contributed by atoms with Crippen molar-refractivity contribution in [3.63, 3.8) is 0 Å². The van der Waals surface area contributed by atoms with Gasteiger partial charge in [0.2, 0.25) is 15.9 Å². The highest BCUT2D eigenvalue weighted by Gasteiger charge is 2.34. The number of sulfonamides is 1. The van der Waals surface area contributed by atoms with E-state index < -0.39 is 10.0 Å². The molecule has 4 rings (SSSR count). The molecule has 32 heavy (non-hydrogen) atoms. The molecule has 172 valence electrons. The molecule has 0 atom stereocenters. The van der Waals surface area contributed by atoms with Crippen LogP contribution >= 0.6 is 11.6 Å². The molecule has 2 aromatic carbocycles. The van der Waals surface area contributed by atoms with E-state index in [1.165, 1.54) is 22.5 Å². The van der Waals surface area contributed by atoms with Gasteiger partial charge in [0.15, 0.2) is 0 Å². The molecule has 2 aromatic rings. The lowest BCUT2D eigenvalue weighted by Gasteiger charge is -2.37.